The highest BCUT2D eigenvalue weighted by molar-refractivity contribution is 6.08. The summed E-state index contributed by atoms with van der Waals surface area (Å²) in [5, 5.41) is 3.09. The van der Waals surface area contributed by atoms with Crippen molar-refractivity contribution >= 4 is 23.2 Å². The molecule has 0 bridgehead atoms. The zero-order valence-electron chi connectivity index (χ0n) is 23.5. The van der Waals surface area contributed by atoms with Crippen molar-refractivity contribution in [1.29, 1.82) is 0 Å². The van der Waals surface area contributed by atoms with Crippen molar-refractivity contribution in [1.82, 2.24) is 9.88 Å². The number of amides is 2. The normalized spacial score (nSPS) is 13.1. The van der Waals surface area contributed by atoms with Gasteiger partial charge in [0.25, 0.3) is 11.8 Å². The van der Waals surface area contributed by atoms with E-state index in [1.807, 2.05) is 50.2 Å². The maximum Gasteiger partial charge on any atom is 0.255 e. The Morgan fingerprint density at radius 1 is 0.850 bits per heavy atom. The Hall–Kier alpha value is -4.45. The first-order valence-corrected chi connectivity index (χ1v) is 13.9. The van der Waals surface area contributed by atoms with Gasteiger partial charge in [-0.25, -0.2) is 0 Å². The Labute approximate surface area is 236 Å². The van der Waals surface area contributed by atoms with Gasteiger partial charge in [0.05, 0.1) is 11.4 Å². The minimum absolute atomic E-state index is 0.133. The highest BCUT2D eigenvalue weighted by atomic mass is 16.2. The maximum atomic E-state index is 13.5. The predicted molar refractivity (Wildman–Crippen MR) is 162 cm³/mol. The van der Waals surface area contributed by atoms with E-state index in [-0.39, 0.29) is 11.8 Å². The number of rotatable bonds is 7. The van der Waals surface area contributed by atoms with Crippen molar-refractivity contribution in [2.75, 3.05) is 30.4 Å². The summed E-state index contributed by atoms with van der Waals surface area (Å²) < 4.78 is 0. The smallest absolute Gasteiger partial charge is 0.255 e. The molecule has 0 spiro atoms. The lowest BCUT2D eigenvalue weighted by molar-refractivity contribution is 0.0785. The number of nitrogens with zero attached hydrogens (tertiary/aromatic N) is 3. The van der Waals surface area contributed by atoms with E-state index >= 15 is 0 Å². The van der Waals surface area contributed by atoms with Crippen LogP contribution in [0.25, 0.3) is 11.3 Å². The summed E-state index contributed by atoms with van der Waals surface area (Å²) >= 11 is 0. The van der Waals surface area contributed by atoms with Crippen LogP contribution in [-0.2, 0) is 6.54 Å². The van der Waals surface area contributed by atoms with Crippen molar-refractivity contribution in [2.24, 2.45) is 0 Å². The Balaban J connectivity index is 1.38. The number of carbonyl (C=O) groups excluding carboxylic acids is 2. The average molecular weight is 533 g/mol. The Bertz CT molecular complexity index is 1520. The van der Waals surface area contributed by atoms with Crippen LogP contribution >= 0.6 is 0 Å². The van der Waals surface area contributed by atoms with E-state index in [9.17, 15) is 9.59 Å². The molecule has 6 heteroatoms. The SMILES string of the molecule is Cc1cccc(CN(C)C(=O)c2cccc(C(=O)Nc3ccc(N4CCCCC4)cc3-c3cc(C)ccn3)c2)c1. The van der Waals surface area contributed by atoms with E-state index in [1.54, 1.807) is 42.4 Å². The summed E-state index contributed by atoms with van der Waals surface area (Å²) in [5.74, 6) is -0.401. The van der Waals surface area contributed by atoms with Crippen LogP contribution in [0.15, 0.2) is 85.1 Å². The molecule has 0 unspecified atom stereocenters. The van der Waals surface area contributed by atoms with Crippen LogP contribution in [0.2, 0.25) is 0 Å². The van der Waals surface area contributed by atoms with Crippen molar-refractivity contribution in [3.05, 3.63) is 113 Å². The number of carbonyl (C=O) groups is 2. The Morgan fingerprint density at radius 3 is 2.38 bits per heavy atom. The molecule has 0 radical (unpaired) electrons. The zero-order chi connectivity index (χ0) is 28.1. The van der Waals surface area contributed by atoms with E-state index < -0.39 is 0 Å². The molecule has 6 nitrogen and oxygen atoms in total. The maximum absolute atomic E-state index is 13.5. The number of hydrogen-bond donors (Lipinski definition) is 1. The minimum Gasteiger partial charge on any atom is -0.372 e. The van der Waals surface area contributed by atoms with E-state index in [0.717, 1.165) is 46.7 Å². The molecule has 1 N–H and O–H groups in total. The van der Waals surface area contributed by atoms with Crippen LogP contribution < -0.4 is 10.2 Å². The van der Waals surface area contributed by atoms with Gasteiger partial charge in [0, 0.05) is 55.3 Å². The summed E-state index contributed by atoms with van der Waals surface area (Å²) in [6.07, 6.45) is 5.43. The molecule has 1 saturated heterocycles. The lowest BCUT2D eigenvalue weighted by Gasteiger charge is -2.29. The van der Waals surface area contributed by atoms with Gasteiger partial charge in [-0.15, -0.1) is 0 Å². The largest absolute Gasteiger partial charge is 0.372 e. The number of nitrogens with one attached hydrogen (secondary N) is 1. The van der Waals surface area contributed by atoms with Gasteiger partial charge in [0.2, 0.25) is 0 Å². The monoisotopic (exact) mass is 532 g/mol. The number of hydrogen-bond acceptors (Lipinski definition) is 4. The van der Waals surface area contributed by atoms with E-state index in [1.165, 1.54) is 19.3 Å². The first kappa shape index (κ1) is 27.1. The Morgan fingerprint density at radius 2 is 1.60 bits per heavy atom. The van der Waals surface area contributed by atoms with Crippen molar-refractivity contribution in [2.45, 2.75) is 39.7 Å². The number of pyridine rings is 1. The molecule has 5 rings (SSSR count). The number of anilines is 2. The summed E-state index contributed by atoms with van der Waals surface area (Å²) in [6, 6.07) is 25.2. The van der Waals surface area contributed by atoms with Crippen LogP contribution in [0.5, 0.6) is 0 Å². The number of piperidine rings is 1. The fourth-order valence-electron chi connectivity index (χ4n) is 5.25. The van der Waals surface area contributed by atoms with Gasteiger partial charge < -0.3 is 15.1 Å². The molecule has 1 aliphatic heterocycles. The topological polar surface area (TPSA) is 65.5 Å². The predicted octanol–water partition coefficient (Wildman–Crippen LogP) is 6.88. The average Bonchev–Trinajstić information content (AvgIpc) is 2.97. The fraction of sp³-hybridized carbons (Fsp3) is 0.265. The first-order chi connectivity index (χ1) is 19.4. The molecule has 1 fully saturated rings. The molecule has 2 amide bonds. The molecule has 2 heterocycles. The molecule has 1 aromatic heterocycles. The van der Waals surface area contributed by atoms with Crippen LogP contribution in [0.1, 0.15) is 56.7 Å². The van der Waals surface area contributed by atoms with Gasteiger partial charge in [0.1, 0.15) is 0 Å². The third-order valence-corrected chi connectivity index (χ3v) is 7.38. The van der Waals surface area contributed by atoms with Crippen LogP contribution in [0, 0.1) is 13.8 Å². The molecular formula is C34H36N4O2. The molecule has 0 atom stereocenters. The molecule has 204 valence electrons. The van der Waals surface area contributed by atoms with E-state index in [4.69, 9.17) is 0 Å². The van der Waals surface area contributed by atoms with Gasteiger partial charge in [-0.3, -0.25) is 14.6 Å². The summed E-state index contributed by atoms with van der Waals surface area (Å²) in [6.45, 7) is 6.63. The molecular weight excluding hydrogens is 496 g/mol. The summed E-state index contributed by atoms with van der Waals surface area (Å²) in [4.78, 5) is 35.4. The number of benzene rings is 3. The molecule has 4 aromatic rings. The van der Waals surface area contributed by atoms with Gasteiger partial charge in [0.15, 0.2) is 0 Å². The second-order valence-corrected chi connectivity index (χ2v) is 10.7. The van der Waals surface area contributed by atoms with Crippen LogP contribution in [0.4, 0.5) is 11.4 Å². The van der Waals surface area contributed by atoms with Crippen molar-refractivity contribution < 1.29 is 9.59 Å². The highest BCUT2D eigenvalue weighted by Crippen LogP contribution is 2.33. The van der Waals surface area contributed by atoms with Crippen LogP contribution in [0.3, 0.4) is 0 Å². The van der Waals surface area contributed by atoms with Crippen molar-refractivity contribution in [3.63, 3.8) is 0 Å². The molecule has 1 aliphatic rings. The quantitative estimate of drug-likeness (QED) is 0.282. The molecule has 40 heavy (non-hydrogen) atoms. The van der Waals surface area contributed by atoms with Crippen molar-refractivity contribution in [3.8, 4) is 11.3 Å². The molecule has 0 aliphatic carbocycles. The van der Waals surface area contributed by atoms with E-state index in [2.05, 4.69) is 33.4 Å². The molecule has 0 saturated carbocycles. The highest BCUT2D eigenvalue weighted by Gasteiger charge is 2.18. The number of aromatic nitrogens is 1. The standard InChI is InChI=1S/C34H36N4O2/c1-24-9-7-10-26(19-24)23-37(3)34(40)28-12-8-11-27(21-28)33(39)36-31-14-13-29(38-17-5-4-6-18-38)22-30(31)32-20-25(2)15-16-35-32/h7-16,19-22H,4-6,17-18,23H2,1-3H3,(H,36,39). The lowest BCUT2D eigenvalue weighted by atomic mass is 10.0. The summed E-state index contributed by atoms with van der Waals surface area (Å²) in [7, 11) is 1.78. The zero-order valence-corrected chi connectivity index (χ0v) is 23.5. The second-order valence-electron chi connectivity index (χ2n) is 10.7. The molecule has 3 aromatic carbocycles. The van der Waals surface area contributed by atoms with Gasteiger partial charge in [-0.1, -0.05) is 35.9 Å². The van der Waals surface area contributed by atoms with Gasteiger partial charge in [-0.2, -0.15) is 0 Å². The number of aryl methyl sites for hydroxylation is 2. The van der Waals surface area contributed by atoms with Gasteiger partial charge in [-0.05, 0) is 92.8 Å². The summed E-state index contributed by atoms with van der Waals surface area (Å²) in [5.41, 5.74) is 7.75. The lowest BCUT2D eigenvalue weighted by Crippen LogP contribution is -2.29. The third-order valence-electron chi connectivity index (χ3n) is 7.38. The van der Waals surface area contributed by atoms with Gasteiger partial charge >= 0.3 is 0 Å². The third kappa shape index (κ3) is 6.40. The second kappa shape index (κ2) is 12.2. The minimum atomic E-state index is -0.268. The Kier molecular flexibility index (Phi) is 8.25. The van der Waals surface area contributed by atoms with Crippen LogP contribution in [-0.4, -0.2) is 41.8 Å². The first-order valence-electron chi connectivity index (χ1n) is 13.9. The van der Waals surface area contributed by atoms with E-state index in [0.29, 0.717) is 23.4 Å². The fourth-order valence-corrected chi connectivity index (χ4v) is 5.25.